The molecule has 3 heterocycles. The van der Waals surface area contributed by atoms with Gasteiger partial charge in [0, 0.05) is 38.1 Å². The van der Waals surface area contributed by atoms with Crippen molar-refractivity contribution < 1.29 is 4.39 Å². The van der Waals surface area contributed by atoms with Gasteiger partial charge in [-0.25, -0.2) is 9.37 Å². The van der Waals surface area contributed by atoms with Crippen molar-refractivity contribution in [2.75, 3.05) is 13.1 Å². The highest BCUT2D eigenvalue weighted by molar-refractivity contribution is 5.41. The summed E-state index contributed by atoms with van der Waals surface area (Å²) < 4.78 is 15.4. The molecule has 2 aromatic rings. The predicted molar refractivity (Wildman–Crippen MR) is 74.7 cm³/mol. The molecule has 2 fully saturated rings. The molecule has 2 aromatic heterocycles. The highest BCUT2D eigenvalue weighted by atomic mass is 19.1. The molecule has 1 saturated carbocycles. The maximum Gasteiger partial charge on any atom is 0.173 e. The van der Waals surface area contributed by atoms with Crippen molar-refractivity contribution in [2.45, 2.75) is 31.8 Å². The lowest BCUT2D eigenvalue weighted by molar-refractivity contribution is 0.121. The number of pyridine rings is 1. The Morgan fingerprint density at radius 2 is 2.30 bits per heavy atom. The van der Waals surface area contributed by atoms with Crippen molar-refractivity contribution in [3.63, 3.8) is 0 Å². The van der Waals surface area contributed by atoms with Crippen molar-refractivity contribution in [1.82, 2.24) is 14.3 Å². The van der Waals surface area contributed by atoms with Gasteiger partial charge in [0.2, 0.25) is 0 Å². The minimum absolute atomic E-state index is 0.271. The van der Waals surface area contributed by atoms with E-state index in [2.05, 4.69) is 9.88 Å². The van der Waals surface area contributed by atoms with Gasteiger partial charge in [-0.2, -0.15) is 0 Å². The van der Waals surface area contributed by atoms with Crippen LogP contribution in [-0.4, -0.2) is 33.4 Å². The van der Waals surface area contributed by atoms with Crippen molar-refractivity contribution >= 4 is 5.65 Å². The van der Waals surface area contributed by atoms with Crippen LogP contribution in [-0.2, 0) is 6.54 Å². The van der Waals surface area contributed by atoms with E-state index in [0.29, 0.717) is 11.1 Å². The van der Waals surface area contributed by atoms with Crippen LogP contribution in [0.5, 0.6) is 0 Å². The number of hydrogen-bond acceptors (Lipinski definition) is 3. The first-order valence-electron chi connectivity index (χ1n) is 7.26. The Kier molecular flexibility index (Phi) is 2.62. The number of rotatable bonds is 2. The van der Waals surface area contributed by atoms with Crippen LogP contribution in [0.15, 0.2) is 24.5 Å². The minimum Gasteiger partial charge on any atom is -0.326 e. The van der Waals surface area contributed by atoms with Gasteiger partial charge in [-0.1, -0.05) is 6.42 Å². The zero-order valence-electron chi connectivity index (χ0n) is 11.4. The van der Waals surface area contributed by atoms with Crippen molar-refractivity contribution in [1.29, 1.82) is 0 Å². The van der Waals surface area contributed by atoms with Crippen LogP contribution >= 0.6 is 0 Å². The first-order chi connectivity index (χ1) is 9.66. The Labute approximate surface area is 117 Å². The van der Waals surface area contributed by atoms with Crippen LogP contribution in [0.1, 0.15) is 25.0 Å². The molecule has 0 amide bonds. The largest absolute Gasteiger partial charge is 0.326 e. The van der Waals surface area contributed by atoms with Crippen LogP contribution in [0.2, 0.25) is 0 Å². The number of nitrogens with zero attached hydrogens (tertiary/aromatic N) is 3. The lowest BCUT2D eigenvalue weighted by atomic mass is 9.66. The second-order valence-corrected chi connectivity index (χ2v) is 6.31. The summed E-state index contributed by atoms with van der Waals surface area (Å²) in [6, 6.07) is 3.43. The van der Waals surface area contributed by atoms with Crippen LogP contribution in [0.3, 0.4) is 0 Å². The van der Waals surface area contributed by atoms with E-state index in [0.717, 1.165) is 25.3 Å². The monoisotopic (exact) mass is 274 g/mol. The Balaban J connectivity index is 1.55. The summed E-state index contributed by atoms with van der Waals surface area (Å²) in [6.45, 7) is 2.75. The molecule has 0 aromatic carbocycles. The Bertz CT molecular complexity index is 646. The molecule has 1 spiro atoms. The van der Waals surface area contributed by atoms with Crippen LogP contribution < -0.4 is 5.73 Å². The standard InChI is InChI=1S/C15H19FN4/c16-12-3-1-6-20-8-11(18-14(12)20)7-19-9-13(17)15(10-19)4-2-5-15/h1,3,6,8,13H,2,4-5,7,9-10,17H2. The van der Waals surface area contributed by atoms with E-state index in [1.54, 1.807) is 10.5 Å². The summed E-state index contributed by atoms with van der Waals surface area (Å²) in [4.78, 5) is 6.76. The van der Waals surface area contributed by atoms with E-state index in [1.165, 1.54) is 25.3 Å². The summed E-state index contributed by atoms with van der Waals surface area (Å²) in [5.41, 5.74) is 7.96. The van der Waals surface area contributed by atoms with Gasteiger partial charge >= 0.3 is 0 Å². The third-order valence-corrected chi connectivity index (χ3v) is 5.00. The van der Waals surface area contributed by atoms with Gasteiger partial charge in [0.15, 0.2) is 11.5 Å². The third kappa shape index (κ3) is 1.77. The van der Waals surface area contributed by atoms with Gasteiger partial charge in [0.1, 0.15) is 0 Å². The molecule has 4 nitrogen and oxygen atoms in total. The van der Waals surface area contributed by atoms with Crippen molar-refractivity contribution in [3.05, 3.63) is 36.0 Å². The van der Waals surface area contributed by atoms with Gasteiger partial charge in [0.25, 0.3) is 0 Å². The molecule has 106 valence electrons. The first kappa shape index (κ1) is 12.3. The number of halogens is 1. The fourth-order valence-corrected chi connectivity index (χ4v) is 3.71. The number of likely N-dealkylation sites (tertiary alicyclic amines) is 1. The van der Waals surface area contributed by atoms with Gasteiger partial charge in [0.05, 0.1) is 5.69 Å². The molecule has 1 saturated heterocycles. The second-order valence-electron chi connectivity index (χ2n) is 6.31. The van der Waals surface area contributed by atoms with E-state index in [-0.39, 0.29) is 11.9 Å². The van der Waals surface area contributed by atoms with Crippen molar-refractivity contribution in [2.24, 2.45) is 11.1 Å². The fraction of sp³-hybridized carbons (Fsp3) is 0.533. The number of fused-ring (bicyclic) bond motifs is 1. The molecule has 4 rings (SSSR count). The smallest absolute Gasteiger partial charge is 0.173 e. The van der Waals surface area contributed by atoms with E-state index in [1.807, 2.05) is 12.4 Å². The van der Waals surface area contributed by atoms with Crippen LogP contribution in [0.4, 0.5) is 4.39 Å². The number of imidazole rings is 1. The van der Waals surface area contributed by atoms with Gasteiger partial charge in [-0.05, 0) is 30.4 Å². The lowest BCUT2D eigenvalue weighted by Gasteiger charge is -2.41. The molecule has 2 N–H and O–H groups in total. The van der Waals surface area contributed by atoms with E-state index in [9.17, 15) is 4.39 Å². The average molecular weight is 274 g/mol. The first-order valence-corrected chi connectivity index (χ1v) is 7.26. The molecular weight excluding hydrogens is 255 g/mol. The molecule has 20 heavy (non-hydrogen) atoms. The number of hydrogen-bond donors (Lipinski definition) is 1. The number of aromatic nitrogens is 2. The molecule has 1 atom stereocenters. The summed E-state index contributed by atoms with van der Waals surface area (Å²) in [7, 11) is 0. The van der Waals surface area contributed by atoms with Gasteiger partial charge in [-0.3, -0.25) is 4.90 Å². The zero-order chi connectivity index (χ0) is 13.7. The molecule has 2 aliphatic rings. The van der Waals surface area contributed by atoms with E-state index in [4.69, 9.17) is 5.73 Å². The molecule has 1 aliphatic heterocycles. The maximum absolute atomic E-state index is 13.6. The number of nitrogens with two attached hydrogens (primary N) is 1. The Hall–Kier alpha value is -1.46. The third-order valence-electron chi connectivity index (χ3n) is 5.00. The minimum atomic E-state index is -0.271. The molecule has 1 unspecified atom stereocenters. The van der Waals surface area contributed by atoms with Crippen LogP contribution in [0.25, 0.3) is 5.65 Å². The second kappa shape index (κ2) is 4.27. The lowest BCUT2D eigenvalue weighted by Crippen LogP contribution is -2.45. The van der Waals surface area contributed by atoms with Crippen molar-refractivity contribution in [3.8, 4) is 0 Å². The summed E-state index contributed by atoms with van der Waals surface area (Å²) in [5, 5.41) is 0. The summed E-state index contributed by atoms with van der Waals surface area (Å²) in [5.74, 6) is -0.271. The fourth-order valence-electron chi connectivity index (χ4n) is 3.71. The van der Waals surface area contributed by atoms with E-state index < -0.39 is 0 Å². The molecule has 5 heteroatoms. The molecular formula is C15H19FN4. The predicted octanol–water partition coefficient (Wildman–Crippen LogP) is 1.79. The topological polar surface area (TPSA) is 46.6 Å². The molecule has 0 radical (unpaired) electrons. The zero-order valence-corrected chi connectivity index (χ0v) is 11.4. The van der Waals surface area contributed by atoms with Crippen LogP contribution in [0, 0.1) is 11.2 Å². The van der Waals surface area contributed by atoms with Gasteiger partial charge in [-0.15, -0.1) is 0 Å². The highest BCUT2D eigenvalue weighted by Gasteiger charge is 2.48. The summed E-state index contributed by atoms with van der Waals surface area (Å²) >= 11 is 0. The molecule has 1 aliphatic carbocycles. The quantitative estimate of drug-likeness (QED) is 0.908. The molecule has 0 bridgehead atoms. The Morgan fingerprint density at radius 3 is 2.95 bits per heavy atom. The summed E-state index contributed by atoms with van der Waals surface area (Å²) in [6.07, 6.45) is 7.56. The maximum atomic E-state index is 13.6. The highest BCUT2D eigenvalue weighted by Crippen LogP contribution is 2.47. The van der Waals surface area contributed by atoms with Gasteiger partial charge < -0.3 is 10.1 Å². The SMILES string of the molecule is NC1CN(Cc2cn3cccc(F)c3n2)CC12CCC2. The average Bonchev–Trinajstić information content (AvgIpc) is 2.91. The Morgan fingerprint density at radius 1 is 1.45 bits per heavy atom. The van der Waals surface area contributed by atoms with E-state index >= 15 is 0 Å². The normalized spacial score (nSPS) is 25.4.